The number of carbonyl (C=O) groups excluding carboxylic acids is 1. The first-order valence-corrected chi connectivity index (χ1v) is 11.3. The summed E-state index contributed by atoms with van der Waals surface area (Å²) in [7, 11) is -0.719. The third-order valence-corrected chi connectivity index (χ3v) is 7.08. The van der Waals surface area contributed by atoms with E-state index < -0.39 is 10.0 Å². The molecule has 1 saturated heterocycles. The van der Waals surface area contributed by atoms with Crippen molar-refractivity contribution in [2.45, 2.75) is 37.6 Å². The number of hydrogen-bond acceptors (Lipinski definition) is 4. The van der Waals surface area contributed by atoms with Crippen molar-refractivity contribution in [1.82, 2.24) is 9.21 Å². The molecule has 1 fully saturated rings. The molecule has 0 saturated carbocycles. The normalized spacial score (nSPS) is 14.8. The molecular formula is C22H28N2O4S. The number of carbonyl (C=O) groups is 1. The number of ether oxygens (including phenoxy) is 1. The topological polar surface area (TPSA) is 66.9 Å². The van der Waals surface area contributed by atoms with Gasteiger partial charge in [0.25, 0.3) is 5.91 Å². The molecule has 6 nitrogen and oxygen atoms in total. The van der Waals surface area contributed by atoms with Gasteiger partial charge in [-0.15, -0.1) is 0 Å². The van der Waals surface area contributed by atoms with E-state index in [4.69, 9.17) is 4.74 Å². The zero-order chi connectivity index (χ0) is 21.0. The van der Waals surface area contributed by atoms with Crippen LogP contribution in [-0.2, 0) is 16.6 Å². The van der Waals surface area contributed by atoms with E-state index in [1.54, 1.807) is 18.0 Å². The van der Waals surface area contributed by atoms with Crippen LogP contribution in [0.4, 0.5) is 0 Å². The van der Waals surface area contributed by atoms with Crippen molar-refractivity contribution < 1.29 is 17.9 Å². The molecular weight excluding hydrogens is 388 g/mol. The van der Waals surface area contributed by atoms with Crippen LogP contribution in [0.15, 0.2) is 47.4 Å². The van der Waals surface area contributed by atoms with Gasteiger partial charge in [0.1, 0.15) is 5.75 Å². The summed E-state index contributed by atoms with van der Waals surface area (Å²) in [6.07, 6.45) is 3.04. The number of aryl methyl sites for hydroxylation is 1. The van der Waals surface area contributed by atoms with Gasteiger partial charge in [-0.05, 0) is 49.9 Å². The van der Waals surface area contributed by atoms with Gasteiger partial charge in [-0.2, -0.15) is 4.31 Å². The number of amides is 1. The molecule has 0 bridgehead atoms. The van der Waals surface area contributed by atoms with Gasteiger partial charge in [0.2, 0.25) is 10.0 Å². The minimum Gasteiger partial charge on any atom is -0.496 e. The minimum atomic E-state index is -3.75. The average Bonchev–Trinajstić information content (AvgIpc) is 2.74. The molecule has 156 valence electrons. The first kappa shape index (κ1) is 21.3. The van der Waals surface area contributed by atoms with Crippen molar-refractivity contribution in [2.75, 3.05) is 27.2 Å². The number of likely N-dealkylation sites (tertiary alicyclic amines) is 1. The van der Waals surface area contributed by atoms with Crippen LogP contribution in [-0.4, -0.2) is 50.8 Å². The molecule has 0 N–H and O–H groups in total. The summed E-state index contributed by atoms with van der Waals surface area (Å²) in [4.78, 5) is 14.9. The van der Waals surface area contributed by atoms with Crippen LogP contribution in [0, 0.1) is 6.92 Å². The Balaban J connectivity index is 1.88. The van der Waals surface area contributed by atoms with E-state index in [9.17, 15) is 13.2 Å². The fourth-order valence-electron chi connectivity index (χ4n) is 3.50. The SMILES string of the molecule is COc1ccc(S(=O)(=O)N(C)Cc2ccc(C)cc2)cc1C(=O)N1CCCCC1. The number of rotatable bonds is 6. The zero-order valence-electron chi connectivity index (χ0n) is 17.2. The highest BCUT2D eigenvalue weighted by Crippen LogP contribution is 2.27. The van der Waals surface area contributed by atoms with Gasteiger partial charge in [0.15, 0.2) is 0 Å². The van der Waals surface area contributed by atoms with Crippen molar-refractivity contribution in [3.63, 3.8) is 0 Å². The fraction of sp³-hybridized carbons (Fsp3) is 0.409. The van der Waals surface area contributed by atoms with Crippen LogP contribution in [0.25, 0.3) is 0 Å². The van der Waals surface area contributed by atoms with Crippen LogP contribution in [0.5, 0.6) is 5.75 Å². The molecule has 1 heterocycles. The van der Waals surface area contributed by atoms with E-state index in [-0.39, 0.29) is 17.3 Å². The van der Waals surface area contributed by atoms with E-state index in [2.05, 4.69) is 0 Å². The second kappa shape index (κ2) is 8.97. The molecule has 0 radical (unpaired) electrons. The first-order valence-electron chi connectivity index (χ1n) is 9.82. The Morgan fingerprint density at radius 1 is 1.07 bits per heavy atom. The first-order chi connectivity index (χ1) is 13.8. The number of hydrogen-bond donors (Lipinski definition) is 0. The highest BCUT2D eigenvalue weighted by Gasteiger charge is 2.26. The molecule has 3 rings (SSSR count). The van der Waals surface area contributed by atoms with E-state index in [0.717, 1.165) is 30.4 Å². The molecule has 2 aromatic rings. The van der Waals surface area contributed by atoms with Crippen LogP contribution in [0.3, 0.4) is 0 Å². The Morgan fingerprint density at radius 3 is 2.34 bits per heavy atom. The number of nitrogens with zero attached hydrogens (tertiary/aromatic N) is 2. The molecule has 1 aliphatic rings. The summed E-state index contributed by atoms with van der Waals surface area (Å²) >= 11 is 0. The monoisotopic (exact) mass is 416 g/mol. The van der Waals surface area contributed by atoms with E-state index in [0.29, 0.717) is 24.4 Å². The Bertz CT molecular complexity index is 965. The third kappa shape index (κ3) is 4.79. The summed E-state index contributed by atoms with van der Waals surface area (Å²) in [6.45, 7) is 3.62. The van der Waals surface area contributed by atoms with Crippen LogP contribution in [0.2, 0.25) is 0 Å². The highest BCUT2D eigenvalue weighted by atomic mass is 32.2. The van der Waals surface area contributed by atoms with Crippen LogP contribution >= 0.6 is 0 Å². The predicted molar refractivity (Wildman–Crippen MR) is 113 cm³/mol. The summed E-state index contributed by atoms with van der Waals surface area (Å²) in [6, 6.07) is 12.2. The van der Waals surface area contributed by atoms with E-state index >= 15 is 0 Å². The zero-order valence-corrected chi connectivity index (χ0v) is 18.0. The van der Waals surface area contributed by atoms with Crippen molar-refractivity contribution >= 4 is 15.9 Å². The average molecular weight is 417 g/mol. The molecule has 0 atom stereocenters. The summed E-state index contributed by atoms with van der Waals surface area (Å²) < 4.78 is 32.9. The van der Waals surface area contributed by atoms with Gasteiger partial charge < -0.3 is 9.64 Å². The lowest BCUT2D eigenvalue weighted by Gasteiger charge is -2.27. The molecule has 1 amide bonds. The predicted octanol–water partition coefficient (Wildman–Crippen LogP) is 3.45. The quantitative estimate of drug-likeness (QED) is 0.723. The summed E-state index contributed by atoms with van der Waals surface area (Å²) in [5.41, 5.74) is 2.31. The lowest BCUT2D eigenvalue weighted by molar-refractivity contribution is 0.0720. The Hall–Kier alpha value is -2.38. The molecule has 0 aliphatic carbocycles. The van der Waals surface area contributed by atoms with Gasteiger partial charge in [0.05, 0.1) is 17.6 Å². The molecule has 29 heavy (non-hydrogen) atoms. The maximum absolute atomic E-state index is 13.1. The standard InChI is InChI=1S/C22H28N2O4S/c1-17-7-9-18(10-8-17)16-23(2)29(26,27)19-11-12-21(28-3)20(15-19)22(25)24-13-5-4-6-14-24/h7-12,15H,4-6,13-14,16H2,1-3H3. The van der Waals surface area contributed by atoms with Gasteiger partial charge in [-0.1, -0.05) is 29.8 Å². The van der Waals surface area contributed by atoms with Gasteiger partial charge in [-0.3, -0.25) is 4.79 Å². The Kier molecular flexibility index (Phi) is 6.59. The van der Waals surface area contributed by atoms with E-state index in [1.165, 1.54) is 23.5 Å². The van der Waals surface area contributed by atoms with Crippen LogP contribution in [0.1, 0.15) is 40.7 Å². The molecule has 7 heteroatoms. The lowest BCUT2D eigenvalue weighted by Crippen LogP contribution is -2.36. The summed E-state index contributed by atoms with van der Waals surface area (Å²) in [5, 5.41) is 0. The van der Waals surface area contributed by atoms with Gasteiger partial charge in [-0.25, -0.2) is 8.42 Å². The molecule has 2 aromatic carbocycles. The largest absolute Gasteiger partial charge is 0.496 e. The molecule has 0 unspecified atom stereocenters. The van der Waals surface area contributed by atoms with Gasteiger partial charge >= 0.3 is 0 Å². The van der Waals surface area contributed by atoms with Crippen molar-refractivity contribution in [3.8, 4) is 5.75 Å². The van der Waals surface area contributed by atoms with Crippen molar-refractivity contribution in [2.24, 2.45) is 0 Å². The van der Waals surface area contributed by atoms with Crippen molar-refractivity contribution in [3.05, 3.63) is 59.2 Å². The van der Waals surface area contributed by atoms with E-state index in [1.807, 2.05) is 31.2 Å². The molecule has 1 aliphatic heterocycles. The van der Waals surface area contributed by atoms with Crippen LogP contribution < -0.4 is 4.74 Å². The van der Waals surface area contributed by atoms with Crippen molar-refractivity contribution in [1.29, 1.82) is 0 Å². The van der Waals surface area contributed by atoms with Gasteiger partial charge in [0, 0.05) is 26.7 Å². The number of methoxy groups -OCH3 is 1. The maximum Gasteiger partial charge on any atom is 0.257 e. The lowest BCUT2D eigenvalue weighted by atomic mass is 10.1. The third-order valence-electron chi connectivity index (χ3n) is 5.28. The smallest absolute Gasteiger partial charge is 0.257 e. The summed E-state index contributed by atoms with van der Waals surface area (Å²) in [5.74, 6) is 0.209. The number of benzene rings is 2. The minimum absolute atomic E-state index is 0.0910. The number of piperidine rings is 1. The second-order valence-corrected chi connectivity index (χ2v) is 9.51. The fourth-order valence-corrected chi connectivity index (χ4v) is 4.68. The molecule has 0 spiro atoms. The molecule has 0 aromatic heterocycles. The maximum atomic E-state index is 13.1. The second-order valence-electron chi connectivity index (χ2n) is 7.46. The number of sulfonamides is 1. The Morgan fingerprint density at radius 2 is 1.72 bits per heavy atom. The highest BCUT2D eigenvalue weighted by molar-refractivity contribution is 7.89. The Labute approximate surface area is 173 Å².